The molecule has 1 aliphatic rings. The standard InChI is InChI=1S/C24H22N2O3/c27-24(26-25-22-15-14-18-8-4-5-11-20(18)22)21-12-6-7-13-23(21)29-17-16-28-19-9-2-1-3-10-19/h1-13H,14-17H2,(H,26,27)/b25-22+. The Morgan fingerprint density at radius 3 is 2.45 bits per heavy atom. The van der Waals surface area contributed by atoms with Gasteiger partial charge in [0.2, 0.25) is 0 Å². The van der Waals surface area contributed by atoms with E-state index in [4.69, 9.17) is 9.47 Å². The van der Waals surface area contributed by atoms with Crippen molar-refractivity contribution in [1.82, 2.24) is 5.43 Å². The van der Waals surface area contributed by atoms with Crippen LogP contribution < -0.4 is 14.9 Å². The Morgan fingerprint density at radius 1 is 0.828 bits per heavy atom. The van der Waals surface area contributed by atoms with E-state index in [0.29, 0.717) is 24.5 Å². The zero-order valence-corrected chi connectivity index (χ0v) is 16.0. The van der Waals surface area contributed by atoms with Crippen LogP contribution >= 0.6 is 0 Å². The topological polar surface area (TPSA) is 59.9 Å². The number of ether oxygens (including phenoxy) is 2. The number of hydrogen-bond donors (Lipinski definition) is 1. The first-order chi connectivity index (χ1) is 14.3. The van der Waals surface area contributed by atoms with Crippen LogP contribution in [0.25, 0.3) is 0 Å². The number of rotatable bonds is 7. The zero-order valence-electron chi connectivity index (χ0n) is 16.0. The van der Waals surface area contributed by atoms with Gasteiger partial charge < -0.3 is 9.47 Å². The first kappa shape index (κ1) is 18.7. The summed E-state index contributed by atoms with van der Waals surface area (Å²) in [6.45, 7) is 0.722. The molecule has 1 N–H and O–H groups in total. The molecule has 0 heterocycles. The molecule has 0 aliphatic heterocycles. The number of para-hydroxylation sites is 2. The Balaban J connectivity index is 1.36. The molecular formula is C24H22N2O3. The summed E-state index contributed by atoms with van der Waals surface area (Å²) in [5, 5.41) is 4.35. The van der Waals surface area contributed by atoms with Gasteiger partial charge in [-0.1, -0.05) is 54.6 Å². The number of amides is 1. The number of aryl methyl sites for hydroxylation is 1. The van der Waals surface area contributed by atoms with Crippen LogP contribution in [0.15, 0.2) is 84.0 Å². The Labute approximate surface area is 170 Å². The molecule has 5 nitrogen and oxygen atoms in total. The van der Waals surface area contributed by atoms with Crippen molar-refractivity contribution in [3.63, 3.8) is 0 Å². The third kappa shape index (κ3) is 4.63. The van der Waals surface area contributed by atoms with Crippen LogP contribution in [-0.2, 0) is 6.42 Å². The Hall–Kier alpha value is -3.60. The molecule has 0 bridgehead atoms. The summed E-state index contributed by atoms with van der Waals surface area (Å²) in [6.07, 6.45) is 1.78. The van der Waals surface area contributed by atoms with Gasteiger partial charge in [-0.15, -0.1) is 0 Å². The van der Waals surface area contributed by atoms with Gasteiger partial charge in [0.25, 0.3) is 5.91 Å². The molecule has 0 unspecified atom stereocenters. The lowest BCUT2D eigenvalue weighted by Crippen LogP contribution is -2.21. The van der Waals surface area contributed by atoms with Crippen LogP contribution in [0.5, 0.6) is 11.5 Å². The van der Waals surface area contributed by atoms with Crippen LogP contribution in [0.3, 0.4) is 0 Å². The van der Waals surface area contributed by atoms with E-state index in [1.165, 1.54) is 5.56 Å². The fourth-order valence-corrected chi connectivity index (χ4v) is 3.31. The monoisotopic (exact) mass is 386 g/mol. The van der Waals surface area contributed by atoms with E-state index in [1.807, 2.05) is 54.6 Å². The van der Waals surface area contributed by atoms with Gasteiger partial charge in [-0.3, -0.25) is 4.79 Å². The van der Waals surface area contributed by atoms with E-state index in [1.54, 1.807) is 18.2 Å². The molecule has 3 aromatic rings. The lowest BCUT2D eigenvalue weighted by Gasteiger charge is -2.11. The number of fused-ring (bicyclic) bond motifs is 1. The largest absolute Gasteiger partial charge is 0.490 e. The molecule has 0 saturated carbocycles. The normalized spacial score (nSPS) is 13.7. The van der Waals surface area contributed by atoms with Crippen molar-refractivity contribution in [2.45, 2.75) is 12.8 Å². The fraction of sp³-hybridized carbons (Fsp3) is 0.167. The molecule has 0 saturated heterocycles. The van der Waals surface area contributed by atoms with E-state index in [9.17, 15) is 4.79 Å². The number of nitrogens with zero attached hydrogens (tertiary/aromatic N) is 1. The van der Waals surface area contributed by atoms with Gasteiger partial charge in [0, 0.05) is 5.56 Å². The van der Waals surface area contributed by atoms with E-state index >= 15 is 0 Å². The Bertz CT molecular complexity index is 1020. The predicted octanol–water partition coefficient (Wildman–Crippen LogP) is 4.22. The highest BCUT2D eigenvalue weighted by Crippen LogP contribution is 2.22. The molecular weight excluding hydrogens is 364 g/mol. The van der Waals surface area contributed by atoms with Gasteiger partial charge in [0.15, 0.2) is 0 Å². The second-order valence-electron chi connectivity index (χ2n) is 6.66. The van der Waals surface area contributed by atoms with E-state index in [0.717, 1.165) is 29.9 Å². The van der Waals surface area contributed by atoms with Crippen molar-refractivity contribution in [3.8, 4) is 11.5 Å². The minimum atomic E-state index is -0.290. The summed E-state index contributed by atoms with van der Waals surface area (Å²) >= 11 is 0. The first-order valence-corrected chi connectivity index (χ1v) is 9.66. The van der Waals surface area contributed by atoms with Crippen molar-refractivity contribution in [2.75, 3.05) is 13.2 Å². The molecule has 0 radical (unpaired) electrons. The van der Waals surface area contributed by atoms with Crippen molar-refractivity contribution < 1.29 is 14.3 Å². The third-order valence-electron chi connectivity index (χ3n) is 4.74. The van der Waals surface area contributed by atoms with Crippen molar-refractivity contribution >= 4 is 11.6 Å². The SMILES string of the molecule is O=C(N/N=C1\CCc2ccccc21)c1ccccc1OCCOc1ccccc1. The van der Waals surface area contributed by atoms with E-state index in [-0.39, 0.29) is 5.91 Å². The maximum Gasteiger partial charge on any atom is 0.275 e. The third-order valence-corrected chi connectivity index (χ3v) is 4.74. The van der Waals surface area contributed by atoms with Crippen LogP contribution in [0.4, 0.5) is 0 Å². The minimum Gasteiger partial charge on any atom is -0.490 e. The van der Waals surface area contributed by atoms with Crippen molar-refractivity contribution in [2.24, 2.45) is 5.10 Å². The van der Waals surface area contributed by atoms with Crippen LogP contribution in [0, 0.1) is 0 Å². The molecule has 4 rings (SSSR count). The Morgan fingerprint density at radius 2 is 1.55 bits per heavy atom. The number of carbonyl (C=O) groups is 1. The number of carbonyl (C=O) groups excluding carboxylic acids is 1. The highest BCUT2D eigenvalue weighted by molar-refractivity contribution is 6.05. The molecule has 0 fully saturated rings. The van der Waals surface area contributed by atoms with Crippen molar-refractivity contribution in [1.29, 1.82) is 0 Å². The molecule has 0 aromatic heterocycles. The molecule has 0 atom stereocenters. The Kier molecular flexibility index (Phi) is 5.86. The number of hydrazone groups is 1. The molecule has 5 heteroatoms. The first-order valence-electron chi connectivity index (χ1n) is 9.66. The second-order valence-corrected chi connectivity index (χ2v) is 6.66. The minimum absolute atomic E-state index is 0.290. The summed E-state index contributed by atoms with van der Waals surface area (Å²) in [4.78, 5) is 12.7. The number of benzene rings is 3. The quantitative estimate of drug-likeness (QED) is 0.488. The summed E-state index contributed by atoms with van der Waals surface area (Å²) in [5.74, 6) is 1.00. The highest BCUT2D eigenvalue weighted by Gasteiger charge is 2.18. The highest BCUT2D eigenvalue weighted by atomic mass is 16.5. The average molecular weight is 386 g/mol. The number of nitrogens with one attached hydrogen (secondary N) is 1. The smallest absolute Gasteiger partial charge is 0.275 e. The summed E-state index contributed by atoms with van der Waals surface area (Å²) in [5.41, 5.74) is 6.40. The van der Waals surface area contributed by atoms with Crippen LogP contribution in [0.1, 0.15) is 27.9 Å². The predicted molar refractivity (Wildman–Crippen MR) is 113 cm³/mol. The van der Waals surface area contributed by atoms with Gasteiger partial charge in [0.1, 0.15) is 24.7 Å². The lowest BCUT2D eigenvalue weighted by atomic mass is 10.1. The molecule has 1 aliphatic carbocycles. The summed E-state index contributed by atoms with van der Waals surface area (Å²) in [7, 11) is 0. The van der Waals surface area contributed by atoms with Crippen molar-refractivity contribution in [3.05, 3.63) is 95.6 Å². The van der Waals surface area contributed by atoms with Gasteiger partial charge in [-0.25, -0.2) is 5.43 Å². The van der Waals surface area contributed by atoms with E-state index < -0.39 is 0 Å². The molecule has 0 spiro atoms. The lowest BCUT2D eigenvalue weighted by molar-refractivity contribution is 0.0949. The molecule has 1 amide bonds. The molecule has 146 valence electrons. The maximum absolute atomic E-state index is 12.7. The number of hydrogen-bond acceptors (Lipinski definition) is 4. The van der Waals surface area contributed by atoms with Gasteiger partial charge >= 0.3 is 0 Å². The average Bonchev–Trinajstić information content (AvgIpc) is 3.19. The molecule has 29 heavy (non-hydrogen) atoms. The fourth-order valence-electron chi connectivity index (χ4n) is 3.31. The van der Waals surface area contributed by atoms with Gasteiger partial charge in [-0.2, -0.15) is 5.10 Å². The van der Waals surface area contributed by atoms with Gasteiger partial charge in [-0.05, 0) is 42.7 Å². The zero-order chi connectivity index (χ0) is 19.9. The summed E-state index contributed by atoms with van der Waals surface area (Å²) < 4.78 is 11.4. The van der Waals surface area contributed by atoms with Gasteiger partial charge in [0.05, 0.1) is 11.3 Å². The van der Waals surface area contributed by atoms with Crippen LogP contribution in [-0.4, -0.2) is 24.8 Å². The molecule has 3 aromatic carbocycles. The second kappa shape index (κ2) is 9.06. The van der Waals surface area contributed by atoms with E-state index in [2.05, 4.69) is 16.6 Å². The maximum atomic E-state index is 12.7. The van der Waals surface area contributed by atoms with Crippen LogP contribution in [0.2, 0.25) is 0 Å². The summed E-state index contributed by atoms with van der Waals surface area (Å²) in [6, 6.07) is 24.8.